The van der Waals surface area contributed by atoms with Gasteiger partial charge in [0.05, 0.1) is 36.8 Å². The predicted molar refractivity (Wildman–Crippen MR) is 137 cm³/mol. The lowest BCUT2D eigenvalue weighted by Gasteiger charge is -2.25. The number of rotatable bonds is 13. The number of para-hydroxylation sites is 1. The van der Waals surface area contributed by atoms with Crippen LogP contribution in [0.25, 0.3) is 5.69 Å². The van der Waals surface area contributed by atoms with Crippen LogP contribution in [0.5, 0.6) is 17.4 Å². The maximum absolute atomic E-state index is 10.5. The highest BCUT2D eigenvalue weighted by molar-refractivity contribution is 5.46. The zero-order chi connectivity index (χ0) is 24.8. The third-order valence-corrected chi connectivity index (χ3v) is 6.21. The second-order valence-electron chi connectivity index (χ2n) is 9.60. The maximum atomic E-state index is 10.5. The smallest absolute Gasteiger partial charge is 0.227 e. The lowest BCUT2D eigenvalue weighted by molar-refractivity contribution is 0.0345. The lowest BCUT2D eigenvalue weighted by atomic mass is 10.1. The van der Waals surface area contributed by atoms with Crippen LogP contribution >= 0.6 is 0 Å². The third-order valence-electron chi connectivity index (χ3n) is 6.21. The Kier molecular flexibility index (Phi) is 8.44. The second-order valence-corrected chi connectivity index (χ2v) is 9.60. The van der Waals surface area contributed by atoms with Crippen LogP contribution in [0, 0.1) is 5.92 Å². The molecule has 1 aromatic heterocycles. The molecule has 1 N–H and O–H groups in total. The van der Waals surface area contributed by atoms with Gasteiger partial charge in [0.2, 0.25) is 5.88 Å². The number of hydrogen-bond acceptors (Lipinski definition) is 6. The van der Waals surface area contributed by atoms with E-state index in [4.69, 9.17) is 19.3 Å². The molecule has 3 aromatic rings. The van der Waals surface area contributed by atoms with Crippen LogP contribution in [0.15, 0.2) is 54.6 Å². The molecule has 7 heteroatoms. The maximum Gasteiger partial charge on any atom is 0.227 e. The Labute approximate surface area is 208 Å². The average Bonchev–Trinajstić information content (AvgIpc) is 3.60. The molecule has 0 saturated heterocycles. The number of nitrogens with zero attached hydrogens (tertiary/aromatic N) is 3. The molecule has 1 heterocycles. The molecule has 1 aliphatic carbocycles. The SMILES string of the molecule is COC[C@@H](O)CN(Cc1c(C(C)C)nn(-c2ccc(OC)cc2)c1Oc1ccccc1)CC1CC1. The molecular formula is C28H37N3O4. The van der Waals surface area contributed by atoms with E-state index in [-0.39, 0.29) is 5.92 Å². The highest BCUT2D eigenvalue weighted by Gasteiger charge is 2.29. The summed E-state index contributed by atoms with van der Waals surface area (Å²) in [6.07, 6.45) is 1.94. The van der Waals surface area contributed by atoms with E-state index in [1.165, 1.54) is 12.8 Å². The molecule has 2 aromatic carbocycles. The first kappa shape index (κ1) is 25.2. The van der Waals surface area contributed by atoms with Gasteiger partial charge in [-0.1, -0.05) is 32.0 Å². The highest BCUT2D eigenvalue weighted by atomic mass is 16.5. The summed E-state index contributed by atoms with van der Waals surface area (Å²) >= 11 is 0. The molecule has 1 atom stereocenters. The first-order valence-electron chi connectivity index (χ1n) is 12.4. The van der Waals surface area contributed by atoms with Gasteiger partial charge in [0.15, 0.2) is 0 Å². The van der Waals surface area contributed by atoms with E-state index in [1.54, 1.807) is 14.2 Å². The van der Waals surface area contributed by atoms with Crippen molar-refractivity contribution >= 4 is 0 Å². The Bertz CT molecular complexity index is 1060. The number of aromatic nitrogens is 2. The van der Waals surface area contributed by atoms with Crippen LogP contribution in [0.1, 0.15) is 43.9 Å². The van der Waals surface area contributed by atoms with Crippen LogP contribution in [0.4, 0.5) is 0 Å². The zero-order valence-corrected chi connectivity index (χ0v) is 21.2. The standard InChI is InChI=1S/C28H37N3O4/c1-20(2)27-26(18-30(16-21-10-11-21)17-23(32)19-33-3)28(35-25-8-6-5-7-9-25)31(29-27)22-12-14-24(34-4)15-13-22/h5-9,12-15,20-21,23,32H,10-11,16-19H2,1-4H3/t23-/m0/s1. The summed E-state index contributed by atoms with van der Waals surface area (Å²) in [4.78, 5) is 2.32. The summed E-state index contributed by atoms with van der Waals surface area (Å²) in [7, 11) is 3.28. The van der Waals surface area contributed by atoms with Crippen molar-refractivity contribution in [1.82, 2.24) is 14.7 Å². The summed E-state index contributed by atoms with van der Waals surface area (Å²) in [5.74, 6) is 3.13. The summed E-state index contributed by atoms with van der Waals surface area (Å²) < 4.78 is 18.9. The number of hydrogen-bond donors (Lipinski definition) is 1. The van der Waals surface area contributed by atoms with E-state index in [1.807, 2.05) is 59.3 Å². The molecule has 0 bridgehead atoms. The van der Waals surface area contributed by atoms with Crippen LogP contribution in [0.3, 0.4) is 0 Å². The Morgan fingerprint density at radius 3 is 2.34 bits per heavy atom. The quantitative estimate of drug-likeness (QED) is 0.371. The van der Waals surface area contributed by atoms with Gasteiger partial charge in [0, 0.05) is 26.7 Å². The Morgan fingerprint density at radius 1 is 1.03 bits per heavy atom. The predicted octanol–water partition coefficient (Wildman–Crippen LogP) is 5.02. The molecule has 7 nitrogen and oxygen atoms in total. The van der Waals surface area contributed by atoms with Gasteiger partial charge >= 0.3 is 0 Å². The zero-order valence-electron chi connectivity index (χ0n) is 21.2. The van der Waals surface area contributed by atoms with E-state index in [2.05, 4.69) is 18.7 Å². The van der Waals surface area contributed by atoms with E-state index in [9.17, 15) is 5.11 Å². The molecule has 1 saturated carbocycles. The number of aliphatic hydroxyl groups is 1. The molecule has 0 amide bonds. The average molecular weight is 480 g/mol. The molecule has 4 rings (SSSR count). The van der Waals surface area contributed by atoms with Gasteiger partial charge in [0.25, 0.3) is 0 Å². The monoisotopic (exact) mass is 479 g/mol. The number of benzene rings is 2. The van der Waals surface area contributed by atoms with Gasteiger partial charge in [0.1, 0.15) is 11.5 Å². The molecule has 35 heavy (non-hydrogen) atoms. The first-order chi connectivity index (χ1) is 17.0. The molecular weight excluding hydrogens is 442 g/mol. The van der Waals surface area contributed by atoms with Crippen molar-refractivity contribution in [3.8, 4) is 23.1 Å². The third kappa shape index (κ3) is 6.63. The van der Waals surface area contributed by atoms with Crippen LogP contribution in [-0.2, 0) is 11.3 Å². The fourth-order valence-electron chi connectivity index (χ4n) is 4.30. The fraction of sp³-hybridized carbons (Fsp3) is 0.464. The highest BCUT2D eigenvalue weighted by Crippen LogP contribution is 2.36. The van der Waals surface area contributed by atoms with Crippen molar-refractivity contribution in [3.63, 3.8) is 0 Å². The van der Waals surface area contributed by atoms with Gasteiger partial charge in [-0.2, -0.15) is 5.10 Å². The molecule has 0 aliphatic heterocycles. The fourth-order valence-corrected chi connectivity index (χ4v) is 4.30. The summed E-state index contributed by atoms with van der Waals surface area (Å²) in [6.45, 7) is 6.75. The van der Waals surface area contributed by atoms with E-state index >= 15 is 0 Å². The van der Waals surface area contributed by atoms with Crippen LogP contribution in [-0.4, -0.2) is 59.8 Å². The Morgan fingerprint density at radius 2 is 1.74 bits per heavy atom. The van der Waals surface area contributed by atoms with Gasteiger partial charge in [-0.05, 0) is 61.1 Å². The molecule has 0 spiro atoms. The Balaban J connectivity index is 1.75. The molecule has 1 fully saturated rings. The van der Waals surface area contributed by atoms with Crippen LogP contribution < -0.4 is 9.47 Å². The van der Waals surface area contributed by atoms with Crippen molar-refractivity contribution in [1.29, 1.82) is 0 Å². The number of ether oxygens (including phenoxy) is 3. The lowest BCUT2D eigenvalue weighted by Crippen LogP contribution is -2.36. The Hall–Kier alpha value is -2.87. The topological polar surface area (TPSA) is 69.0 Å². The van der Waals surface area contributed by atoms with Crippen molar-refractivity contribution in [2.45, 2.75) is 45.3 Å². The summed E-state index contributed by atoms with van der Waals surface area (Å²) in [5, 5.41) is 15.5. The van der Waals surface area contributed by atoms with E-state index in [0.29, 0.717) is 31.5 Å². The minimum atomic E-state index is -0.545. The molecule has 1 aliphatic rings. The van der Waals surface area contributed by atoms with Gasteiger partial charge < -0.3 is 19.3 Å². The normalized spacial score (nSPS) is 14.5. The van der Waals surface area contributed by atoms with Gasteiger partial charge in [-0.25, -0.2) is 4.68 Å². The molecule has 188 valence electrons. The number of aliphatic hydroxyl groups excluding tert-OH is 1. The van der Waals surface area contributed by atoms with Crippen molar-refractivity contribution < 1.29 is 19.3 Å². The molecule has 0 radical (unpaired) electrons. The van der Waals surface area contributed by atoms with Crippen molar-refractivity contribution in [2.24, 2.45) is 5.92 Å². The van der Waals surface area contributed by atoms with E-state index in [0.717, 1.165) is 35.0 Å². The summed E-state index contributed by atoms with van der Waals surface area (Å²) in [5.41, 5.74) is 2.94. The van der Waals surface area contributed by atoms with Crippen LogP contribution in [0.2, 0.25) is 0 Å². The number of methoxy groups -OCH3 is 2. The minimum Gasteiger partial charge on any atom is -0.497 e. The minimum absolute atomic E-state index is 0.203. The summed E-state index contributed by atoms with van der Waals surface area (Å²) in [6, 6.07) is 17.6. The second kappa shape index (κ2) is 11.7. The van der Waals surface area contributed by atoms with E-state index < -0.39 is 6.10 Å². The van der Waals surface area contributed by atoms with Crippen molar-refractivity contribution in [2.75, 3.05) is 33.9 Å². The first-order valence-corrected chi connectivity index (χ1v) is 12.4. The van der Waals surface area contributed by atoms with Crippen molar-refractivity contribution in [3.05, 3.63) is 65.9 Å². The molecule has 0 unspecified atom stereocenters. The largest absolute Gasteiger partial charge is 0.497 e. The van der Waals surface area contributed by atoms with Gasteiger partial charge in [-0.3, -0.25) is 4.90 Å². The van der Waals surface area contributed by atoms with Gasteiger partial charge in [-0.15, -0.1) is 0 Å².